The lowest BCUT2D eigenvalue weighted by atomic mass is 10.2. The summed E-state index contributed by atoms with van der Waals surface area (Å²) in [5.41, 5.74) is 0.816. The molecule has 0 unspecified atom stereocenters. The summed E-state index contributed by atoms with van der Waals surface area (Å²) in [6.07, 6.45) is 6.97. The van der Waals surface area contributed by atoms with Crippen molar-refractivity contribution >= 4 is 15.9 Å². The third-order valence-corrected chi connectivity index (χ3v) is 5.15. The van der Waals surface area contributed by atoms with Crippen LogP contribution in [-0.4, -0.2) is 57.2 Å². The average molecular weight is 350 g/mol. The molecule has 24 heavy (non-hydrogen) atoms. The molecule has 0 saturated carbocycles. The molecule has 3 heterocycles. The predicted molar refractivity (Wildman–Crippen MR) is 85.6 cm³/mol. The van der Waals surface area contributed by atoms with Gasteiger partial charge in [-0.05, 0) is 24.5 Å². The first-order valence-corrected chi connectivity index (χ1v) is 9.34. The molecule has 2 aromatic rings. The molecule has 0 aliphatic carbocycles. The largest absolute Gasteiger partial charge is 0.351 e. The summed E-state index contributed by atoms with van der Waals surface area (Å²) < 4.78 is 26.2. The molecule has 1 amide bonds. The number of pyridine rings is 1. The maximum absolute atomic E-state index is 12.3. The second-order valence-corrected chi connectivity index (χ2v) is 7.55. The number of sulfonamides is 1. The van der Waals surface area contributed by atoms with Gasteiger partial charge < -0.3 is 5.32 Å². The molecule has 0 radical (unpaired) electrons. The first-order valence-electron chi connectivity index (χ1n) is 7.49. The highest BCUT2D eigenvalue weighted by Crippen LogP contribution is 2.20. The molecule has 3 rings (SSSR count). The third-order valence-electron chi connectivity index (χ3n) is 3.86. The van der Waals surface area contributed by atoms with Crippen LogP contribution >= 0.6 is 0 Å². The Morgan fingerprint density at radius 1 is 1.42 bits per heavy atom. The van der Waals surface area contributed by atoms with Gasteiger partial charge in [0.15, 0.2) is 5.82 Å². The lowest BCUT2D eigenvalue weighted by Gasteiger charge is -2.21. The van der Waals surface area contributed by atoms with Gasteiger partial charge in [0.1, 0.15) is 18.7 Å². The normalized spacial score (nSPS) is 18.6. The van der Waals surface area contributed by atoms with Crippen molar-refractivity contribution in [2.24, 2.45) is 0 Å². The fraction of sp³-hybridized carbons (Fsp3) is 0.429. The molecule has 1 atom stereocenters. The van der Waals surface area contributed by atoms with Crippen molar-refractivity contribution in [2.45, 2.75) is 25.4 Å². The van der Waals surface area contributed by atoms with Crippen molar-refractivity contribution in [1.29, 1.82) is 0 Å². The topological polar surface area (TPSA) is 110 Å². The van der Waals surface area contributed by atoms with Crippen LogP contribution in [0.25, 0.3) is 5.82 Å². The molecule has 1 N–H and O–H groups in total. The number of hydrogen-bond acceptors (Lipinski definition) is 6. The Balaban J connectivity index is 1.60. The first-order chi connectivity index (χ1) is 11.4. The molecule has 0 bridgehead atoms. The first kappa shape index (κ1) is 16.5. The van der Waals surface area contributed by atoms with E-state index in [0.717, 1.165) is 11.8 Å². The molecule has 1 fully saturated rings. The number of nitrogens with zero attached hydrogens (tertiary/aromatic N) is 5. The molecule has 1 saturated heterocycles. The minimum atomic E-state index is -3.37. The van der Waals surface area contributed by atoms with E-state index in [-0.39, 0.29) is 12.5 Å². The highest BCUT2D eigenvalue weighted by molar-refractivity contribution is 7.88. The SMILES string of the molecule is CS(=O)(=O)N1CCC[C@H]1C(=O)NCc1ccc(-n2cncn2)nc1. The average Bonchev–Trinajstić information content (AvgIpc) is 3.23. The van der Waals surface area contributed by atoms with E-state index in [9.17, 15) is 13.2 Å². The summed E-state index contributed by atoms with van der Waals surface area (Å²) in [6, 6.07) is 2.98. The van der Waals surface area contributed by atoms with Crippen LogP contribution in [0.3, 0.4) is 0 Å². The Morgan fingerprint density at radius 2 is 2.25 bits per heavy atom. The zero-order valence-electron chi connectivity index (χ0n) is 13.2. The highest BCUT2D eigenvalue weighted by Gasteiger charge is 2.36. The van der Waals surface area contributed by atoms with E-state index in [1.165, 1.54) is 15.3 Å². The lowest BCUT2D eigenvalue weighted by Crippen LogP contribution is -2.45. The van der Waals surface area contributed by atoms with Crippen molar-refractivity contribution in [3.05, 3.63) is 36.5 Å². The van der Waals surface area contributed by atoms with Crippen LogP contribution in [0.4, 0.5) is 0 Å². The quantitative estimate of drug-likeness (QED) is 0.793. The Labute approximate surface area is 139 Å². The highest BCUT2D eigenvalue weighted by atomic mass is 32.2. The number of carbonyl (C=O) groups is 1. The monoisotopic (exact) mass is 350 g/mol. The minimum Gasteiger partial charge on any atom is -0.351 e. The van der Waals surface area contributed by atoms with Crippen LogP contribution in [0.2, 0.25) is 0 Å². The predicted octanol–water partition coefficient (Wildman–Crippen LogP) is -0.297. The van der Waals surface area contributed by atoms with Gasteiger partial charge in [-0.2, -0.15) is 9.40 Å². The molecule has 0 spiro atoms. The van der Waals surface area contributed by atoms with Crippen LogP contribution < -0.4 is 5.32 Å². The third kappa shape index (κ3) is 3.60. The maximum Gasteiger partial charge on any atom is 0.238 e. The van der Waals surface area contributed by atoms with Gasteiger partial charge in [0, 0.05) is 19.3 Å². The summed E-state index contributed by atoms with van der Waals surface area (Å²) in [7, 11) is -3.37. The summed E-state index contributed by atoms with van der Waals surface area (Å²) in [5, 5.41) is 6.76. The van der Waals surface area contributed by atoms with Crippen molar-refractivity contribution in [3.8, 4) is 5.82 Å². The molecular weight excluding hydrogens is 332 g/mol. The Morgan fingerprint density at radius 3 is 2.88 bits per heavy atom. The molecule has 128 valence electrons. The van der Waals surface area contributed by atoms with Gasteiger partial charge in [0.05, 0.1) is 6.26 Å². The molecular formula is C14H18N6O3S. The number of rotatable bonds is 5. The Bertz CT molecular complexity index is 804. The van der Waals surface area contributed by atoms with Gasteiger partial charge in [-0.25, -0.2) is 23.1 Å². The second-order valence-electron chi connectivity index (χ2n) is 5.61. The van der Waals surface area contributed by atoms with Crippen molar-refractivity contribution < 1.29 is 13.2 Å². The molecule has 9 nitrogen and oxygen atoms in total. The van der Waals surface area contributed by atoms with E-state index in [1.807, 2.05) is 6.07 Å². The van der Waals surface area contributed by atoms with Crippen LogP contribution in [0, 0.1) is 0 Å². The van der Waals surface area contributed by atoms with Crippen molar-refractivity contribution in [2.75, 3.05) is 12.8 Å². The summed E-state index contributed by atoms with van der Waals surface area (Å²) in [6.45, 7) is 0.683. The standard InChI is InChI=1S/C14H18N6O3S/c1-24(22,23)20-6-2-3-12(20)14(21)17-8-11-4-5-13(16-7-11)19-10-15-9-18-19/h4-5,7,9-10,12H,2-3,6,8H2,1H3,(H,17,21)/t12-/m0/s1. The van der Waals surface area contributed by atoms with E-state index < -0.39 is 16.1 Å². The molecule has 2 aromatic heterocycles. The van der Waals surface area contributed by atoms with E-state index in [0.29, 0.717) is 25.2 Å². The van der Waals surface area contributed by atoms with Crippen molar-refractivity contribution in [1.82, 2.24) is 29.4 Å². The molecule has 1 aliphatic rings. The van der Waals surface area contributed by atoms with Crippen molar-refractivity contribution in [3.63, 3.8) is 0 Å². The van der Waals surface area contributed by atoms with Gasteiger partial charge in [-0.3, -0.25) is 4.79 Å². The summed E-state index contributed by atoms with van der Waals surface area (Å²) >= 11 is 0. The summed E-state index contributed by atoms with van der Waals surface area (Å²) in [5.74, 6) is 0.347. The van der Waals surface area contributed by atoms with Crippen LogP contribution in [0.15, 0.2) is 31.0 Å². The number of aromatic nitrogens is 4. The van der Waals surface area contributed by atoms with Gasteiger partial charge in [0.2, 0.25) is 15.9 Å². The Hall–Kier alpha value is -2.33. The van der Waals surface area contributed by atoms with E-state index in [4.69, 9.17) is 0 Å². The van der Waals surface area contributed by atoms with Gasteiger partial charge in [-0.1, -0.05) is 6.07 Å². The van der Waals surface area contributed by atoms with Crippen LogP contribution in [0.5, 0.6) is 0 Å². The second kappa shape index (κ2) is 6.65. The summed E-state index contributed by atoms with van der Waals surface area (Å²) in [4.78, 5) is 20.4. The number of hydrogen-bond donors (Lipinski definition) is 1. The molecule has 1 aliphatic heterocycles. The Kier molecular flexibility index (Phi) is 4.58. The van der Waals surface area contributed by atoms with Gasteiger partial charge >= 0.3 is 0 Å². The van der Waals surface area contributed by atoms with Crippen LogP contribution in [-0.2, 0) is 21.4 Å². The van der Waals surface area contributed by atoms with Gasteiger partial charge in [-0.15, -0.1) is 0 Å². The number of carbonyl (C=O) groups excluding carboxylic acids is 1. The van der Waals surface area contributed by atoms with E-state index in [1.54, 1.807) is 18.6 Å². The zero-order valence-corrected chi connectivity index (χ0v) is 14.0. The molecule has 0 aromatic carbocycles. The van der Waals surface area contributed by atoms with E-state index >= 15 is 0 Å². The smallest absolute Gasteiger partial charge is 0.238 e. The number of nitrogens with one attached hydrogen (secondary N) is 1. The van der Waals surface area contributed by atoms with E-state index in [2.05, 4.69) is 20.4 Å². The minimum absolute atomic E-state index is 0.279. The van der Waals surface area contributed by atoms with Gasteiger partial charge in [0.25, 0.3) is 0 Å². The maximum atomic E-state index is 12.3. The molecule has 10 heteroatoms. The number of amides is 1. The fourth-order valence-corrected chi connectivity index (χ4v) is 3.81. The zero-order chi connectivity index (χ0) is 17.2. The lowest BCUT2D eigenvalue weighted by molar-refractivity contribution is -0.124. The fourth-order valence-electron chi connectivity index (χ4n) is 2.69. The van der Waals surface area contributed by atoms with Crippen LogP contribution in [0.1, 0.15) is 18.4 Å².